The zero-order chi connectivity index (χ0) is 42.8. The van der Waals surface area contributed by atoms with Crippen LogP contribution in [-0.4, -0.2) is 11.4 Å². The summed E-state index contributed by atoms with van der Waals surface area (Å²) in [5.74, 6) is 0. The number of para-hydroxylation sites is 2. The van der Waals surface area contributed by atoms with E-state index in [1.165, 1.54) is 165 Å². The number of hydrogen-bond acceptors (Lipinski definition) is 2. The molecule has 0 bridgehead atoms. The fourth-order valence-electron chi connectivity index (χ4n) is 8.07. The molecule has 2 nitrogen and oxygen atoms in total. The van der Waals surface area contributed by atoms with E-state index in [1.54, 1.807) is 0 Å². The molecule has 0 atom stereocenters. The van der Waals surface area contributed by atoms with Crippen LogP contribution in [0.4, 0.5) is 11.4 Å². The van der Waals surface area contributed by atoms with Gasteiger partial charge in [-0.3, -0.25) is 4.99 Å². The predicted molar refractivity (Wildman–Crippen MR) is 272 cm³/mol. The van der Waals surface area contributed by atoms with Crippen LogP contribution in [0, 0.1) is 0 Å². The number of aryl methyl sites for hydroxylation is 2. The average Bonchev–Trinajstić information content (AvgIpc) is 3.26. The average molecular weight is 878 g/mol. The van der Waals surface area contributed by atoms with Crippen LogP contribution >= 0.6 is 0 Å². The Morgan fingerprint density at radius 1 is 0.377 bits per heavy atom. The van der Waals surface area contributed by atoms with Crippen molar-refractivity contribution < 1.29 is 16.5 Å². The van der Waals surface area contributed by atoms with Crippen LogP contribution < -0.4 is 0 Å². The number of allylic oxidation sites excluding steroid dienone is 6. The van der Waals surface area contributed by atoms with Crippen molar-refractivity contribution in [2.75, 3.05) is 0 Å². The summed E-state index contributed by atoms with van der Waals surface area (Å²) in [6, 6.07) is 17.7. The molecule has 61 heavy (non-hydrogen) atoms. The van der Waals surface area contributed by atoms with Gasteiger partial charge in [-0.2, -0.15) is 0 Å². The fraction of sp³-hybridized carbons (Fsp3) is 0.655. The van der Waals surface area contributed by atoms with Crippen LogP contribution in [0.5, 0.6) is 0 Å². The van der Waals surface area contributed by atoms with Gasteiger partial charge in [0.25, 0.3) is 0 Å². The summed E-state index contributed by atoms with van der Waals surface area (Å²) in [6.07, 6.45) is 58.2. The number of hydrogen-bond donors (Lipinski definition) is 0. The van der Waals surface area contributed by atoms with E-state index in [9.17, 15) is 0 Å². The maximum Gasteiger partial charge on any atom is 0.0848 e. The molecular formula is C58H94N2Ni. The van der Waals surface area contributed by atoms with Gasteiger partial charge in [-0.05, 0) is 113 Å². The van der Waals surface area contributed by atoms with Gasteiger partial charge in [0.2, 0.25) is 0 Å². The first-order valence-electron chi connectivity index (χ1n) is 26.0. The summed E-state index contributed by atoms with van der Waals surface area (Å²) in [7, 11) is 0. The molecule has 2 rings (SSSR count). The Bertz CT molecular complexity index is 1430. The Morgan fingerprint density at radius 3 is 1.20 bits per heavy atom. The van der Waals surface area contributed by atoms with Gasteiger partial charge in [-0.15, -0.1) is 0 Å². The van der Waals surface area contributed by atoms with E-state index in [0.717, 1.165) is 87.0 Å². The van der Waals surface area contributed by atoms with E-state index >= 15 is 0 Å². The molecule has 0 radical (unpaired) electrons. The van der Waals surface area contributed by atoms with Crippen molar-refractivity contribution in [2.45, 2.75) is 246 Å². The number of benzene rings is 2. The van der Waals surface area contributed by atoms with E-state index in [-0.39, 0.29) is 16.5 Å². The van der Waals surface area contributed by atoms with Crippen LogP contribution in [-0.2, 0) is 29.3 Å². The van der Waals surface area contributed by atoms with Crippen molar-refractivity contribution >= 4 is 22.8 Å². The van der Waals surface area contributed by atoms with Crippen molar-refractivity contribution in [3.8, 4) is 0 Å². The minimum atomic E-state index is 0. The molecule has 0 saturated carbocycles. The van der Waals surface area contributed by atoms with Crippen LogP contribution in [0.3, 0.4) is 0 Å². The number of nitrogens with zero attached hydrogens (tertiary/aromatic N) is 2. The second-order valence-corrected chi connectivity index (χ2v) is 17.6. The third-order valence-corrected chi connectivity index (χ3v) is 11.9. The van der Waals surface area contributed by atoms with E-state index in [0.29, 0.717) is 0 Å². The molecular weight excluding hydrogens is 783 g/mol. The SMILES string of the molecule is CCC/C=C/C(=N\c1ccccc1CCC/C=C/CCCCCCCCCCCC)C(/CCCCC)=N\c1ccccc1CCC/C=C/CCCCCCCCCCCC.[Ni]. The smallest absolute Gasteiger partial charge is 0.0848 e. The zero-order valence-corrected chi connectivity index (χ0v) is 41.3. The largest absolute Gasteiger partial charge is 0.251 e. The van der Waals surface area contributed by atoms with Gasteiger partial charge in [-0.25, -0.2) is 4.99 Å². The van der Waals surface area contributed by atoms with Crippen molar-refractivity contribution in [1.82, 2.24) is 0 Å². The molecule has 2 aromatic rings. The first kappa shape index (κ1) is 56.5. The summed E-state index contributed by atoms with van der Waals surface area (Å²) in [5, 5.41) is 0. The molecule has 346 valence electrons. The van der Waals surface area contributed by atoms with E-state index in [1.807, 2.05) is 0 Å². The Kier molecular flexibility index (Phi) is 39.6. The molecule has 0 aromatic heterocycles. The predicted octanol–water partition coefficient (Wildman–Crippen LogP) is 19.8. The van der Waals surface area contributed by atoms with Gasteiger partial charge in [0.1, 0.15) is 0 Å². The molecule has 0 fully saturated rings. The first-order chi connectivity index (χ1) is 29.7. The van der Waals surface area contributed by atoms with Crippen molar-refractivity contribution in [3.05, 3.63) is 96.1 Å². The third-order valence-electron chi connectivity index (χ3n) is 11.9. The van der Waals surface area contributed by atoms with Gasteiger partial charge in [0, 0.05) is 16.5 Å². The Labute approximate surface area is 389 Å². The maximum atomic E-state index is 5.48. The molecule has 3 heteroatoms. The number of rotatable bonds is 40. The molecule has 0 unspecified atom stereocenters. The Morgan fingerprint density at radius 2 is 0.754 bits per heavy atom. The van der Waals surface area contributed by atoms with Gasteiger partial charge in [-0.1, -0.05) is 229 Å². The van der Waals surface area contributed by atoms with Gasteiger partial charge in [0.05, 0.1) is 22.8 Å². The molecule has 0 aliphatic rings. The summed E-state index contributed by atoms with van der Waals surface area (Å²) < 4.78 is 0. The first-order valence-corrected chi connectivity index (χ1v) is 26.0. The van der Waals surface area contributed by atoms with Gasteiger partial charge in [0.15, 0.2) is 0 Å². The summed E-state index contributed by atoms with van der Waals surface area (Å²) in [4.78, 5) is 10.9. The molecule has 0 aliphatic carbocycles. The molecule has 0 aliphatic heterocycles. The van der Waals surface area contributed by atoms with E-state index in [2.05, 4.69) is 113 Å². The zero-order valence-electron chi connectivity index (χ0n) is 40.3. The molecule has 0 spiro atoms. The monoisotopic (exact) mass is 877 g/mol. The quantitative estimate of drug-likeness (QED) is 0.0276. The van der Waals surface area contributed by atoms with Crippen LogP contribution in [0.25, 0.3) is 0 Å². The van der Waals surface area contributed by atoms with Crippen molar-refractivity contribution in [3.63, 3.8) is 0 Å². The molecule has 0 saturated heterocycles. The minimum absolute atomic E-state index is 0. The molecule has 0 amide bonds. The summed E-state index contributed by atoms with van der Waals surface area (Å²) in [6.45, 7) is 9.14. The maximum absolute atomic E-state index is 5.48. The molecule has 0 heterocycles. The van der Waals surface area contributed by atoms with Crippen LogP contribution in [0.2, 0.25) is 0 Å². The van der Waals surface area contributed by atoms with Gasteiger partial charge >= 0.3 is 0 Å². The second-order valence-electron chi connectivity index (χ2n) is 17.6. The second kappa shape index (κ2) is 42.8. The number of aliphatic imine (C=N–C) groups is 2. The summed E-state index contributed by atoms with van der Waals surface area (Å²) >= 11 is 0. The topological polar surface area (TPSA) is 24.7 Å². The molecule has 2 aromatic carbocycles. The third kappa shape index (κ3) is 31.1. The van der Waals surface area contributed by atoms with Crippen molar-refractivity contribution in [2.24, 2.45) is 9.98 Å². The van der Waals surface area contributed by atoms with E-state index in [4.69, 9.17) is 9.98 Å². The standard InChI is InChI=1S/C58H94N2.Ni/c1-5-9-13-15-17-19-21-23-25-27-29-31-33-35-39-45-53-47-41-43-49-55(53)59-57(51-37-11-7-3)58(52-38-12-8-4)60-56-50-44-42-48-54(56)46-40-36-34-32-30-28-26-24-22-20-18-16-14-10-6-2;/h31-34,37,41-44,47-51H,5-30,35-36,38-40,45-46,52H2,1-4H3;/b33-31+,34-32+,51-37+,59-57+,60-58-;. The van der Waals surface area contributed by atoms with E-state index < -0.39 is 0 Å². The summed E-state index contributed by atoms with van der Waals surface area (Å²) in [5.41, 5.74) is 7.08. The molecule has 0 N–H and O–H groups in total. The minimum Gasteiger partial charge on any atom is -0.251 e. The Balaban J connectivity index is 0.0000186. The number of unbranched alkanes of at least 4 members (excludes halogenated alkanes) is 25. The normalized spacial score (nSPS) is 12.4. The van der Waals surface area contributed by atoms with Gasteiger partial charge < -0.3 is 0 Å². The van der Waals surface area contributed by atoms with Crippen molar-refractivity contribution in [1.29, 1.82) is 0 Å². The van der Waals surface area contributed by atoms with Crippen LogP contribution in [0.15, 0.2) is 95.0 Å². The fourth-order valence-corrected chi connectivity index (χ4v) is 8.07. The Hall–Kier alpha value is -2.51. The van der Waals surface area contributed by atoms with Crippen LogP contribution in [0.1, 0.15) is 244 Å².